The van der Waals surface area contributed by atoms with Gasteiger partial charge in [0.2, 0.25) is 5.76 Å². The molecular weight excluding hydrogens is 346 g/mol. The number of carbonyl (C=O) groups excluding carboxylic acids is 1. The number of carboxylic acids is 1. The molecule has 3 rings (SSSR count). The van der Waals surface area contributed by atoms with Gasteiger partial charge in [-0.1, -0.05) is 19.1 Å². The lowest BCUT2D eigenvalue weighted by molar-refractivity contribution is 0.0663. The Balaban J connectivity index is 1.88. The maximum atomic E-state index is 12.6. The van der Waals surface area contributed by atoms with Crippen molar-refractivity contribution >= 4 is 17.6 Å². The highest BCUT2D eigenvalue weighted by Crippen LogP contribution is 2.32. The Hall–Kier alpha value is -3.54. The van der Waals surface area contributed by atoms with Gasteiger partial charge in [0, 0.05) is 11.1 Å². The number of methoxy groups -OCH3 is 1. The van der Waals surface area contributed by atoms with Crippen LogP contribution in [0.3, 0.4) is 0 Å². The van der Waals surface area contributed by atoms with Crippen LogP contribution >= 0.6 is 0 Å². The van der Waals surface area contributed by atoms with E-state index in [4.69, 9.17) is 14.3 Å². The van der Waals surface area contributed by atoms with Gasteiger partial charge in [-0.3, -0.25) is 4.79 Å². The Morgan fingerprint density at radius 3 is 2.41 bits per heavy atom. The summed E-state index contributed by atoms with van der Waals surface area (Å²) in [6.07, 6.45) is 0.902. The summed E-state index contributed by atoms with van der Waals surface area (Å²) in [4.78, 5) is 23.5. The van der Waals surface area contributed by atoms with Crippen molar-refractivity contribution in [2.24, 2.45) is 0 Å². The molecule has 3 aromatic rings. The van der Waals surface area contributed by atoms with E-state index in [1.54, 1.807) is 36.4 Å². The smallest absolute Gasteiger partial charge is 0.371 e. The van der Waals surface area contributed by atoms with Crippen LogP contribution in [0.25, 0.3) is 11.3 Å². The molecule has 138 valence electrons. The highest BCUT2D eigenvalue weighted by Gasteiger charge is 2.14. The number of ether oxygens (including phenoxy) is 1. The van der Waals surface area contributed by atoms with E-state index in [0.29, 0.717) is 28.3 Å². The van der Waals surface area contributed by atoms with Crippen molar-refractivity contribution in [2.75, 3.05) is 12.4 Å². The van der Waals surface area contributed by atoms with Crippen LogP contribution in [0.1, 0.15) is 33.4 Å². The van der Waals surface area contributed by atoms with Gasteiger partial charge in [-0.15, -0.1) is 0 Å². The minimum atomic E-state index is -1.14. The van der Waals surface area contributed by atoms with Crippen molar-refractivity contribution in [3.8, 4) is 17.1 Å². The third-order valence-electron chi connectivity index (χ3n) is 4.17. The Bertz CT molecular complexity index is 972. The summed E-state index contributed by atoms with van der Waals surface area (Å²) < 4.78 is 10.6. The number of hydrogen-bond acceptors (Lipinski definition) is 4. The predicted octanol–water partition coefficient (Wildman–Crippen LogP) is 4.47. The average Bonchev–Trinajstić information content (AvgIpc) is 3.18. The normalized spacial score (nSPS) is 10.4. The molecule has 6 heteroatoms. The van der Waals surface area contributed by atoms with Crippen molar-refractivity contribution in [3.63, 3.8) is 0 Å². The first-order valence-electron chi connectivity index (χ1n) is 8.43. The van der Waals surface area contributed by atoms with Crippen molar-refractivity contribution in [3.05, 3.63) is 71.5 Å². The quantitative estimate of drug-likeness (QED) is 0.673. The summed E-state index contributed by atoms with van der Waals surface area (Å²) in [5.41, 5.74) is 2.77. The number of carbonyl (C=O) groups is 2. The van der Waals surface area contributed by atoms with E-state index < -0.39 is 5.97 Å². The molecule has 1 aromatic heterocycles. The summed E-state index contributed by atoms with van der Waals surface area (Å²) in [6, 6.07) is 15.4. The fourth-order valence-electron chi connectivity index (χ4n) is 2.65. The summed E-state index contributed by atoms with van der Waals surface area (Å²) in [5.74, 6) is -0.680. The van der Waals surface area contributed by atoms with Crippen LogP contribution in [-0.4, -0.2) is 24.1 Å². The van der Waals surface area contributed by atoms with Crippen LogP contribution in [0.15, 0.2) is 59.0 Å². The van der Waals surface area contributed by atoms with Crippen LogP contribution < -0.4 is 10.1 Å². The average molecular weight is 365 g/mol. The van der Waals surface area contributed by atoms with Gasteiger partial charge in [-0.05, 0) is 54.4 Å². The second-order valence-electron chi connectivity index (χ2n) is 5.89. The molecule has 1 heterocycles. The largest absolute Gasteiger partial charge is 0.495 e. The van der Waals surface area contributed by atoms with E-state index in [2.05, 4.69) is 12.2 Å². The van der Waals surface area contributed by atoms with E-state index >= 15 is 0 Å². The van der Waals surface area contributed by atoms with Gasteiger partial charge < -0.3 is 19.6 Å². The second kappa shape index (κ2) is 7.78. The van der Waals surface area contributed by atoms with E-state index in [1.807, 2.05) is 12.1 Å². The van der Waals surface area contributed by atoms with E-state index in [-0.39, 0.29) is 11.7 Å². The molecule has 0 atom stereocenters. The number of carboxylic acid groups (broad SMARTS) is 1. The number of benzene rings is 2. The zero-order valence-corrected chi connectivity index (χ0v) is 15.0. The summed E-state index contributed by atoms with van der Waals surface area (Å²) in [6.45, 7) is 2.05. The number of amides is 1. The summed E-state index contributed by atoms with van der Waals surface area (Å²) in [7, 11) is 1.51. The zero-order valence-electron chi connectivity index (χ0n) is 15.0. The molecule has 0 radical (unpaired) electrons. The van der Waals surface area contributed by atoms with Crippen molar-refractivity contribution in [1.29, 1.82) is 0 Å². The molecule has 0 aliphatic rings. The first kappa shape index (κ1) is 18.3. The third-order valence-corrected chi connectivity index (χ3v) is 4.17. The van der Waals surface area contributed by atoms with Crippen molar-refractivity contribution < 1.29 is 23.8 Å². The third kappa shape index (κ3) is 4.00. The number of nitrogens with one attached hydrogen (secondary N) is 1. The van der Waals surface area contributed by atoms with Crippen LogP contribution in [0.4, 0.5) is 5.69 Å². The molecule has 0 aliphatic heterocycles. The van der Waals surface area contributed by atoms with Crippen LogP contribution in [0.5, 0.6) is 5.75 Å². The van der Waals surface area contributed by atoms with Crippen LogP contribution in [0.2, 0.25) is 0 Å². The van der Waals surface area contributed by atoms with Crippen molar-refractivity contribution in [2.45, 2.75) is 13.3 Å². The molecular formula is C21H19NO5. The minimum absolute atomic E-state index is 0.151. The van der Waals surface area contributed by atoms with E-state index in [1.165, 1.54) is 13.2 Å². The molecule has 0 aliphatic carbocycles. The molecule has 6 nitrogen and oxygen atoms in total. The summed E-state index contributed by atoms with van der Waals surface area (Å²) >= 11 is 0. The first-order valence-corrected chi connectivity index (χ1v) is 8.43. The Kier molecular flexibility index (Phi) is 5.26. The number of anilines is 1. The lowest BCUT2D eigenvalue weighted by Crippen LogP contribution is -2.12. The van der Waals surface area contributed by atoms with Gasteiger partial charge in [0.1, 0.15) is 11.5 Å². The van der Waals surface area contributed by atoms with Gasteiger partial charge in [-0.2, -0.15) is 0 Å². The van der Waals surface area contributed by atoms with Crippen molar-refractivity contribution in [1.82, 2.24) is 0 Å². The zero-order chi connectivity index (χ0) is 19.4. The molecule has 27 heavy (non-hydrogen) atoms. The number of rotatable bonds is 6. The standard InChI is InChI=1S/C21H19NO5/c1-3-13-4-6-14(7-5-13)20(23)22-16-12-15(8-9-18(16)26-2)17-10-11-19(27-17)21(24)25/h4-12H,3H2,1-2H3,(H,22,23)(H,24,25). The van der Waals surface area contributed by atoms with Gasteiger partial charge in [0.05, 0.1) is 12.8 Å². The first-order chi connectivity index (χ1) is 13.0. The number of aromatic carboxylic acids is 1. The molecule has 1 amide bonds. The van der Waals surface area contributed by atoms with Crippen LogP contribution in [-0.2, 0) is 6.42 Å². The summed E-state index contributed by atoms with van der Waals surface area (Å²) in [5, 5.41) is 11.8. The number of hydrogen-bond donors (Lipinski definition) is 2. The lowest BCUT2D eigenvalue weighted by Gasteiger charge is -2.12. The van der Waals surface area contributed by atoms with E-state index in [9.17, 15) is 9.59 Å². The molecule has 0 unspecified atom stereocenters. The molecule has 0 spiro atoms. The van der Waals surface area contributed by atoms with Gasteiger partial charge in [-0.25, -0.2) is 4.79 Å². The Morgan fingerprint density at radius 1 is 1.07 bits per heavy atom. The molecule has 2 aromatic carbocycles. The maximum Gasteiger partial charge on any atom is 0.371 e. The molecule has 0 saturated carbocycles. The lowest BCUT2D eigenvalue weighted by atomic mass is 10.1. The number of furan rings is 1. The fraction of sp³-hybridized carbons (Fsp3) is 0.143. The predicted molar refractivity (Wildman–Crippen MR) is 101 cm³/mol. The van der Waals surface area contributed by atoms with Gasteiger partial charge >= 0.3 is 5.97 Å². The Labute approximate surface area is 156 Å². The monoisotopic (exact) mass is 365 g/mol. The fourth-order valence-corrected chi connectivity index (χ4v) is 2.65. The highest BCUT2D eigenvalue weighted by molar-refractivity contribution is 6.05. The van der Waals surface area contributed by atoms with Gasteiger partial charge in [0.15, 0.2) is 0 Å². The molecule has 0 fully saturated rings. The topological polar surface area (TPSA) is 88.8 Å². The molecule has 0 bridgehead atoms. The second-order valence-corrected chi connectivity index (χ2v) is 5.89. The number of aryl methyl sites for hydroxylation is 1. The van der Waals surface area contributed by atoms with Crippen LogP contribution in [0, 0.1) is 0 Å². The Morgan fingerprint density at radius 2 is 1.81 bits per heavy atom. The van der Waals surface area contributed by atoms with E-state index in [0.717, 1.165) is 12.0 Å². The SMILES string of the molecule is CCc1ccc(C(=O)Nc2cc(-c3ccc(C(=O)O)o3)ccc2OC)cc1. The molecule has 2 N–H and O–H groups in total. The minimum Gasteiger partial charge on any atom is -0.495 e. The highest BCUT2D eigenvalue weighted by atomic mass is 16.5. The molecule has 0 saturated heterocycles. The maximum absolute atomic E-state index is 12.6. The van der Waals surface area contributed by atoms with Gasteiger partial charge in [0.25, 0.3) is 5.91 Å².